The van der Waals surface area contributed by atoms with E-state index in [9.17, 15) is 9.90 Å². The standard InChI is InChI=1S/C17H17NO2/c1-18-15(19)11-13-9-5-6-10-14(13)16(18)17(20)12-7-3-2-4-8-12/h2-10,16-17,20H,11H2,1H3. The number of rotatable bonds is 2. The zero-order valence-electron chi connectivity index (χ0n) is 11.4. The van der Waals surface area contributed by atoms with Crippen LogP contribution in [0.1, 0.15) is 28.8 Å². The van der Waals surface area contributed by atoms with Gasteiger partial charge in [0.1, 0.15) is 6.10 Å². The van der Waals surface area contributed by atoms with Gasteiger partial charge in [0.25, 0.3) is 0 Å². The van der Waals surface area contributed by atoms with Gasteiger partial charge in [-0.3, -0.25) is 4.79 Å². The molecule has 2 aromatic rings. The Morgan fingerprint density at radius 3 is 2.50 bits per heavy atom. The largest absolute Gasteiger partial charge is 0.386 e. The molecule has 0 radical (unpaired) electrons. The van der Waals surface area contributed by atoms with Gasteiger partial charge in [0.2, 0.25) is 5.91 Å². The molecule has 102 valence electrons. The molecule has 0 saturated heterocycles. The lowest BCUT2D eigenvalue weighted by Crippen LogP contribution is -2.40. The Kier molecular flexibility index (Phi) is 3.28. The molecule has 2 unspecified atom stereocenters. The third-order valence-electron chi connectivity index (χ3n) is 3.97. The van der Waals surface area contributed by atoms with Crippen LogP contribution in [0, 0.1) is 0 Å². The van der Waals surface area contributed by atoms with Crippen molar-refractivity contribution in [2.45, 2.75) is 18.6 Å². The second-order valence-electron chi connectivity index (χ2n) is 5.18. The van der Waals surface area contributed by atoms with Crippen LogP contribution in [0.25, 0.3) is 0 Å². The Hall–Kier alpha value is -2.13. The van der Waals surface area contributed by atoms with Crippen molar-refractivity contribution in [1.29, 1.82) is 0 Å². The van der Waals surface area contributed by atoms with Crippen molar-refractivity contribution in [3.8, 4) is 0 Å². The summed E-state index contributed by atoms with van der Waals surface area (Å²) in [5, 5.41) is 10.7. The van der Waals surface area contributed by atoms with Crippen molar-refractivity contribution in [2.75, 3.05) is 7.05 Å². The molecule has 0 saturated carbocycles. The molecular weight excluding hydrogens is 250 g/mol. The van der Waals surface area contributed by atoms with Crippen LogP contribution in [-0.4, -0.2) is 23.0 Å². The summed E-state index contributed by atoms with van der Waals surface area (Å²) in [5.41, 5.74) is 2.87. The number of carbonyl (C=O) groups excluding carboxylic acids is 1. The molecule has 0 aliphatic carbocycles. The van der Waals surface area contributed by atoms with Crippen molar-refractivity contribution < 1.29 is 9.90 Å². The first-order valence-electron chi connectivity index (χ1n) is 6.75. The van der Waals surface area contributed by atoms with E-state index in [4.69, 9.17) is 0 Å². The average molecular weight is 267 g/mol. The van der Waals surface area contributed by atoms with Crippen molar-refractivity contribution in [1.82, 2.24) is 4.90 Å². The molecule has 1 amide bonds. The highest BCUT2D eigenvalue weighted by molar-refractivity contribution is 5.81. The molecule has 20 heavy (non-hydrogen) atoms. The monoisotopic (exact) mass is 267 g/mol. The number of hydrogen-bond acceptors (Lipinski definition) is 2. The van der Waals surface area contributed by atoms with Crippen molar-refractivity contribution in [2.24, 2.45) is 0 Å². The zero-order chi connectivity index (χ0) is 14.1. The summed E-state index contributed by atoms with van der Waals surface area (Å²) in [5.74, 6) is 0.0451. The van der Waals surface area contributed by atoms with Crippen LogP contribution in [0.4, 0.5) is 0 Å². The number of aliphatic hydroxyl groups excluding tert-OH is 1. The van der Waals surface area contributed by atoms with Crippen molar-refractivity contribution in [3.05, 3.63) is 71.3 Å². The number of carbonyl (C=O) groups is 1. The van der Waals surface area contributed by atoms with E-state index < -0.39 is 6.10 Å². The molecule has 2 aromatic carbocycles. The minimum absolute atomic E-state index is 0.0451. The third-order valence-corrected chi connectivity index (χ3v) is 3.97. The molecule has 3 nitrogen and oxygen atoms in total. The minimum atomic E-state index is -0.716. The molecule has 0 aromatic heterocycles. The normalized spacial score (nSPS) is 19.6. The Labute approximate surface area is 118 Å². The van der Waals surface area contributed by atoms with Gasteiger partial charge in [-0.05, 0) is 16.7 Å². The van der Waals surface area contributed by atoms with E-state index in [2.05, 4.69) is 0 Å². The third kappa shape index (κ3) is 2.10. The lowest BCUT2D eigenvalue weighted by molar-refractivity contribution is -0.135. The zero-order valence-corrected chi connectivity index (χ0v) is 11.4. The van der Waals surface area contributed by atoms with Crippen LogP contribution in [0.3, 0.4) is 0 Å². The predicted octanol–water partition coefficient (Wildman–Crippen LogP) is 2.48. The Morgan fingerprint density at radius 2 is 1.75 bits per heavy atom. The summed E-state index contributed by atoms with van der Waals surface area (Å²) in [7, 11) is 1.76. The fourth-order valence-electron chi connectivity index (χ4n) is 2.85. The van der Waals surface area contributed by atoms with Crippen molar-refractivity contribution >= 4 is 5.91 Å². The predicted molar refractivity (Wildman–Crippen MR) is 77.1 cm³/mol. The number of amides is 1. The highest BCUT2D eigenvalue weighted by Crippen LogP contribution is 2.38. The lowest BCUT2D eigenvalue weighted by atomic mass is 9.87. The van der Waals surface area contributed by atoms with Gasteiger partial charge in [-0.1, -0.05) is 54.6 Å². The topological polar surface area (TPSA) is 40.5 Å². The van der Waals surface area contributed by atoms with Crippen LogP contribution >= 0.6 is 0 Å². The maximum absolute atomic E-state index is 12.1. The second-order valence-corrected chi connectivity index (χ2v) is 5.18. The van der Waals surface area contributed by atoms with Crippen LogP contribution < -0.4 is 0 Å². The molecular formula is C17H17NO2. The fraction of sp³-hybridized carbons (Fsp3) is 0.235. The molecule has 1 heterocycles. The second kappa shape index (κ2) is 5.10. The molecule has 1 aliphatic heterocycles. The number of benzene rings is 2. The van der Waals surface area contributed by atoms with Gasteiger partial charge < -0.3 is 10.0 Å². The van der Waals surface area contributed by atoms with Crippen LogP contribution in [0.2, 0.25) is 0 Å². The van der Waals surface area contributed by atoms with Gasteiger partial charge in [0.05, 0.1) is 12.5 Å². The molecule has 0 fully saturated rings. The Bertz CT molecular complexity index is 624. The number of aliphatic hydroxyl groups is 1. The van der Waals surface area contributed by atoms with Crippen LogP contribution in [0.15, 0.2) is 54.6 Å². The smallest absolute Gasteiger partial charge is 0.227 e. The van der Waals surface area contributed by atoms with E-state index in [0.29, 0.717) is 6.42 Å². The number of nitrogens with zero attached hydrogens (tertiary/aromatic N) is 1. The summed E-state index contributed by atoms with van der Waals surface area (Å²) in [6, 6.07) is 17.0. The fourth-order valence-corrected chi connectivity index (χ4v) is 2.85. The van der Waals surface area contributed by atoms with E-state index in [-0.39, 0.29) is 11.9 Å². The molecule has 2 atom stereocenters. The van der Waals surface area contributed by atoms with E-state index >= 15 is 0 Å². The Balaban J connectivity index is 2.05. The maximum atomic E-state index is 12.1. The summed E-state index contributed by atoms with van der Waals surface area (Å²) < 4.78 is 0. The number of likely N-dealkylation sites (N-methyl/N-ethyl adjacent to an activating group) is 1. The molecule has 3 heteroatoms. The molecule has 0 spiro atoms. The summed E-state index contributed by atoms with van der Waals surface area (Å²) in [6.45, 7) is 0. The summed E-state index contributed by atoms with van der Waals surface area (Å²) in [4.78, 5) is 13.8. The summed E-state index contributed by atoms with van der Waals surface area (Å²) >= 11 is 0. The average Bonchev–Trinajstić information content (AvgIpc) is 2.49. The highest BCUT2D eigenvalue weighted by atomic mass is 16.3. The van der Waals surface area contributed by atoms with Gasteiger partial charge in [0, 0.05) is 7.05 Å². The first kappa shape index (κ1) is 12.9. The molecule has 0 bridgehead atoms. The van der Waals surface area contributed by atoms with E-state index in [0.717, 1.165) is 16.7 Å². The van der Waals surface area contributed by atoms with Crippen molar-refractivity contribution in [3.63, 3.8) is 0 Å². The number of fused-ring (bicyclic) bond motifs is 1. The first-order valence-corrected chi connectivity index (χ1v) is 6.75. The number of hydrogen-bond donors (Lipinski definition) is 1. The van der Waals surface area contributed by atoms with Crippen LogP contribution in [0.5, 0.6) is 0 Å². The van der Waals surface area contributed by atoms with Gasteiger partial charge in [-0.25, -0.2) is 0 Å². The van der Waals surface area contributed by atoms with Gasteiger partial charge in [-0.2, -0.15) is 0 Å². The highest BCUT2D eigenvalue weighted by Gasteiger charge is 2.35. The molecule has 1 aliphatic rings. The molecule has 1 N–H and O–H groups in total. The van der Waals surface area contributed by atoms with E-state index in [1.54, 1.807) is 11.9 Å². The molecule has 3 rings (SSSR count). The minimum Gasteiger partial charge on any atom is -0.386 e. The van der Waals surface area contributed by atoms with Gasteiger partial charge in [0.15, 0.2) is 0 Å². The first-order chi connectivity index (χ1) is 9.68. The quantitative estimate of drug-likeness (QED) is 0.908. The van der Waals surface area contributed by atoms with Gasteiger partial charge >= 0.3 is 0 Å². The van der Waals surface area contributed by atoms with E-state index in [1.165, 1.54) is 0 Å². The summed E-state index contributed by atoms with van der Waals surface area (Å²) in [6.07, 6.45) is -0.309. The lowest BCUT2D eigenvalue weighted by Gasteiger charge is -2.37. The van der Waals surface area contributed by atoms with Crippen LogP contribution in [-0.2, 0) is 11.2 Å². The maximum Gasteiger partial charge on any atom is 0.227 e. The van der Waals surface area contributed by atoms with E-state index in [1.807, 2.05) is 54.6 Å². The Morgan fingerprint density at radius 1 is 1.10 bits per heavy atom. The SMILES string of the molecule is CN1C(=O)Cc2ccccc2C1C(O)c1ccccc1. The van der Waals surface area contributed by atoms with Gasteiger partial charge in [-0.15, -0.1) is 0 Å².